The van der Waals surface area contributed by atoms with Gasteiger partial charge in [0.1, 0.15) is 6.10 Å². The summed E-state index contributed by atoms with van der Waals surface area (Å²) in [6.45, 7) is 7.28. The van der Waals surface area contributed by atoms with E-state index in [1.807, 2.05) is 35.0 Å². The van der Waals surface area contributed by atoms with Gasteiger partial charge in [0.05, 0.1) is 0 Å². The van der Waals surface area contributed by atoms with Gasteiger partial charge in [-0.2, -0.15) is 4.57 Å². The summed E-state index contributed by atoms with van der Waals surface area (Å²) in [5.41, 5.74) is 1.46. The van der Waals surface area contributed by atoms with E-state index in [2.05, 4.69) is 32.9 Å². The Bertz CT molecular complexity index is 792. The van der Waals surface area contributed by atoms with E-state index in [9.17, 15) is 4.79 Å². The molecule has 0 unspecified atom stereocenters. The van der Waals surface area contributed by atoms with Crippen molar-refractivity contribution in [2.75, 3.05) is 0 Å². The highest BCUT2D eigenvalue weighted by Crippen LogP contribution is 2.66. The van der Waals surface area contributed by atoms with Gasteiger partial charge in [0, 0.05) is 22.9 Å². The molecule has 0 aliphatic heterocycles. The molecule has 2 fully saturated rings. The largest absolute Gasteiger partial charge is 0.457 e. The minimum atomic E-state index is -0.120. The van der Waals surface area contributed by atoms with Gasteiger partial charge < -0.3 is 4.74 Å². The SMILES string of the molecule is CC1(C)[C@@H]2CC[C@]1(C)[C@H](OC(=O)C[n+]1cccc3ccccc31)C2. The molecule has 0 amide bonds. The second-order valence-corrected chi connectivity index (χ2v) is 8.28. The van der Waals surface area contributed by atoms with Crippen LogP contribution in [0, 0.1) is 16.7 Å². The predicted octanol–water partition coefficient (Wildman–Crippen LogP) is 3.89. The first-order chi connectivity index (χ1) is 11.4. The molecule has 0 N–H and O–H groups in total. The molecular weight excluding hydrogens is 298 g/mol. The molecule has 0 saturated heterocycles. The summed E-state index contributed by atoms with van der Waals surface area (Å²) in [5, 5.41) is 1.14. The van der Waals surface area contributed by atoms with E-state index < -0.39 is 0 Å². The normalized spacial score (nSPS) is 30.6. The molecule has 3 nitrogen and oxygen atoms in total. The van der Waals surface area contributed by atoms with E-state index in [0.29, 0.717) is 5.92 Å². The lowest BCUT2D eigenvalue weighted by atomic mass is 9.70. The Morgan fingerprint density at radius 3 is 2.67 bits per heavy atom. The van der Waals surface area contributed by atoms with Crippen molar-refractivity contribution in [3.63, 3.8) is 0 Å². The fourth-order valence-corrected chi connectivity index (χ4v) is 5.00. The molecule has 1 aromatic carbocycles. The standard InChI is InChI=1S/C21H26NO2/c1-20(2)16-10-11-21(20,3)18(13-16)24-19(23)14-22-12-6-8-15-7-4-5-9-17(15)22/h4-9,12,16,18H,10-11,13-14H2,1-3H3/q+1/t16-,18-,21-/m1/s1. The Morgan fingerprint density at radius 1 is 1.21 bits per heavy atom. The van der Waals surface area contributed by atoms with Crippen LogP contribution in [0.1, 0.15) is 40.0 Å². The minimum absolute atomic E-state index is 0.0642. The molecule has 24 heavy (non-hydrogen) atoms. The summed E-state index contributed by atoms with van der Waals surface area (Å²) in [4.78, 5) is 12.6. The fourth-order valence-electron chi connectivity index (χ4n) is 5.00. The van der Waals surface area contributed by atoms with Crippen molar-refractivity contribution >= 4 is 16.9 Å². The number of para-hydroxylation sites is 1. The summed E-state index contributed by atoms with van der Waals surface area (Å²) in [5.74, 6) is 0.566. The maximum atomic E-state index is 12.6. The molecule has 0 radical (unpaired) electrons. The molecule has 3 atom stereocenters. The number of fused-ring (bicyclic) bond motifs is 3. The number of carbonyl (C=O) groups is 1. The van der Waals surface area contributed by atoms with Crippen LogP contribution in [0.3, 0.4) is 0 Å². The van der Waals surface area contributed by atoms with Crippen molar-refractivity contribution in [3.8, 4) is 0 Å². The predicted molar refractivity (Wildman–Crippen MR) is 93.3 cm³/mol. The summed E-state index contributed by atoms with van der Waals surface area (Å²) >= 11 is 0. The van der Waals surface area contributed by atoms with Gasteiger partial charge in [0.2, 0.25) is 12.1 Å². The molecule has 1 heterocycles. The van der Waals surface area contributed by atoms with Gasteiger partial charge in [-0.25, -0.2) is 4.79 Å². The number of hydrogen-bond donors (Lipinski definition) is 0. The highest BCUT2D eigenvalue weighted by atomic mass is 16.5. The summed E-state index contributed by atoms with van der Waals surface area (Å²) in [6, 6.07) is 12.2. The lowest BCUT2D eigenvalue weighted by molar-refractivity contribution is -0.660. The number of nitrogens with zero attached hydrogens (tertiary/aromatic N) is 1. The molecule has 2 aliphatic carbocycles. The highest BCUT2D eigenvalue weighted by molar-refractivity contribution is 5.76. The van der Waals surface area contributed by atoms with Crippen LogP contribution in [0.15, 0.2) is 42.6 Å². The monoisotopic (exact) mass is 324 g/mol. The average molecular weight is 324 g/mol. The third kappa shape index (κ3) is 2.17. The van der Waals surface area contributed by atoms with E-state index in [0.717, 1.165) is 17.3 Å². The van der Waals surface area contributed by atoms with E-state index in [-0.39, 0.29) is 29.4 Å². The van der Waals surface area contributed by atoms with Crippen LogP contribution < -0.4 is 4.57 Å². The van der Waals surface area contributed by atoms with Gasteiger partial charge in [-0.3, -0.25) is 0 Å². The quantitative estimate of drug-likeness (QED) is 0.633. The molecule has 1 aromatic heterocycles. The van der Waals surface area contributed by atoms with Crippen molar-refractivity contribution in [1.82, 2.24) is 0 Å². The molecule has 2 bridgehead atoms. The number of ether oxygens (including phenoxy) is 1. The lowest BCUT2D eigenvalue weighted by Gasteiger charge is -2.38. The Balaban J connectivity index is 1.52. The van der Waals surface area contributed by atoms with Crippen LogP contribution in [-0.4, -0.2) is 12.1 Å². The van der Waals surface area contributed by atoms with Gasteiger partial charge in [0.15, 0.2) is 6.20 Å². The van der Waals surface area contributed by atoms with E-state index in [1.165, 1.54) is 12.8 Å². The molecule has 3 heteroatoms. The van der Waals surface area contributed by atoms with Crippen LogP contribution >= 0.6 is 0 Å². The zero-order chi connectivity index (χ0) is 16.9. The van der Waals surface area contributed by atoms with E-state index in [1.54, 1.807) is 0 Å². The molecule has 4 rings (SSSR count). The summed E-state index contributed by atoms with van der Waals surface area (Å²) < 4.78 is 7.96. The van der Waals surface area contributed by atoms with E-state index in [4.69, 9.17) is 4.74 Å². The molecule has 2 aromatic rings. The Kier molecular flexibility index (Phi) is 3.45. The smallest absolute Gasteiger partial charge is 0.372 e. The van der Waals surface area contributed by atoms with Gasteiger partial charge in [0.25, 0.3) is 0 Å². The minimum Gasteiger partial charge on any atom is -0.457 e. The van der Waals surface area contributed by atoms with Crippen LogP contribution in [0.5, 0.6) is 0 Å². The zero-order valence-electron chi connectivity index (χ0n) is 14.8. The third-order valence-electron chi connectivity index (χ3n) is 7.08. The molecule has 2 aliphatic rings. The van der Waals surface area contributed by atoms with Gasteiger partial charge in [-0.15, -0.1) is 0 Å². The van der Waals surface area contributed by atoms with Crippen molar-refractivity contribution in [2.45, 2.75) is 52.7 Å². The first kappa shape index (κ1) is 15.6. The van der Waals surface area contributed by atoms with Gasteiger partial charge >= 0.3 is 5.97 Å². The maximum absolute atomic E-state index is 12.6. The van der Waals surface area contributed by atoms with Gasteiger partial charge in [-0.05, 0) is 42.7 Å². The highest BCUT2D eigenvalue weighted by Gasteiger charge is 2.62. The topological polar surface area (TPSA) is 30.2 Å². The molecular formula is C21H26NO2+. The number of aromatic nitrogens is 1. The summed E-state index contributed by atoms with van der Waals surface area (Å²) in [7, 11) is 0. The van der Waals surface area contributed by atoms with Crippen molar-refractivity contribution < 1.29 is 14.1 Å². The van der Waals surface area contributed by atoms with Crippen LogP contribution in [0.25, 0.3) is 10.9 Å². The van der Waals surface area contributed by atoms with E-state index >= 15 is 0 Å². The van der Waals surface area contributed by atoms with Crippen LogP contribution in [0.2, 0.25) is 0 Å². The second kappa shape index (κ2) is 5.30. The number of pyridine rings is 1. The van der Waals surface area contributed by atoms with Crippen molar-refractivity contribution in [3.05, 3.63) is 42.6 Å². The Morgan fingerprint density at radius 2 is 1.96 bits per heavy atom. The first-order valence-corrected chi connectivity index (χ1v) is 8.98. The van der Waals surface area contributed by atoms with Crippen molar-refractivity contribution in [2.24, 2.45) is 16.7 Å². The number of benzene rings is 1. The number of esters is 1. The molecule has 126 valence electrons. The molecule has 2 saturated carbocycles. The lowest BCUT2D eigenvalue weighted by Crippen LogP contribution is -2.43. The Labute approximate surface area is 143 Å². The van der Waals surface area contributed by atoms with Crippen molar-refractivity contribution in [1.29, 1.82) is 0 Å². The number of rotatable bonds is 3. The zero-order valence-corrected chi connectivity index (χ0v) is 14.8. The average Bonchev–Trinajstić information content (AvgIpc) is 2.88. The Hall–Kier alpha value is -1.90. The summed E-state index contributed by atoms with van der Waals surface area (Å²) in [6.07, 6.45) is 5.49. The maximum Gasteiger partial charge on any atom is 0.372 e. The van der Waals surface area contributed by atoms with Gasteiger partial charge in [-0.1, -0.05) is 32.9 Å². The number of carbonyl (C=O) groups excluding carboxylic acids is 1. The first-order valence-electron chi connectivity index (χ1n) is 8.98. The van der Waals surface area contributed by atoms with Crippen LogP contribution in [0.4, 0.5) is 0 Å². The second-order valence-electron chi connectivity index (χ2n) is 8.28. The van der Waals surface area contributed by atoms with Crippen LogP contribution in [-0.2, 0) is 16.1 Å². The fraction of sp³-hybridized carbons (Fsp3) is 0.524. The number of hydrogen-bond acceptors (Lipinski definition) is 2. The molecule has 0 spiro atoms. The third-order valence-corrected chi connectivity index (χ3v) is 7.08.